The molecular weight excluding hydrogens is 443 g/mol. The van der Waals surface area contributed by atoms with Crippen LogP contribution in [0.25, 0.3) is 10.9 Å². The number of halogens is 3. The van der Waals surface area contributed by atoms with E-state index in [2.05, 4.69) is 16.8 Å². The molecule has 2 aromatic carbocycles. The van der Waals surface area contributed by atoms with E-state index < -0.39 is 23.4 Å². The van der Waals surface area contributed by atoms with Crippen LogP contribution in [0.1, 0.15) is 47.7 Å². The highest BCUT2D eigenvalue weighted by Gasteiger charge is 2.35. The number of H-pyrrole nitrogens is 1. The third-order valence-electron chi connectivity index (χ3n) is 7.16. The molecule has 34 heavy (non-hydrogen) atoms. The molecule has 0 spiro atoms. The SMILES string of the molecule is C[C@H](CCc1c[nH]c2c(F)cc(F)cc12)N(CC1CC1)[C@@H]1COc2c(F)ccc(C(N)=O)c2C1. The second kappa shape index (κ2) is 8.98. The van der Waals surface area contributed by atoms with Gasteiger partial charge in [-0.3, -0.25) is 9.69 Å². The highest BCUT2D eigenvalue weighted by Crippen LogP contribution is 2.36. The summed E-state index contributed by atoms with van der Waals surface area (Å²) >= 11 is 0. The largest absolute Gasteiger partial charge is 0.489 e. The number of fused-ring (bicyclic) bond motifs is 2. The standard InChI is InChI=1S/C26H28F3N3O2/c1-14(2-5-16-11-31-24-20(16)8-17(27)9-23(24)29)32(12-15-3-4-15)18-10-21-19(26(30)33)6-7-22(28)25(21)34-13-18/h6-9,11,14-15,18,31H,2-5,10,12-13H2,1H3,(H2,30,33)/t14-,18+/m1/s1. The summed E-state index contributed by atoms with van der Waals surface area (Å²) in [6.45, 7) is 3.35. The third-order valence-corrected chi connectivity index (χ3v) is 7.16. The van der Waals surface area contributed by atoms with Gasteiger partial charge in [-0.2, -0.15) is 0 Å². The number of amides is 1. The molecule has 5 rings (SSSR count). The number of ether oxygens (including phenoxy) is 1. The van der Waals surface area contributed by atoms with Gasteiger partial charge in [0.2, 0.25) is 5.91 Å². The molecule has 0 unspecified atom stereocenters. The topological polar surface area (TPSA) is 71.3 Å². The predicted octanol–water partition coefficient (Wildman–Crippen LogP) is 4.72. The first-order valence-electron chi connectivity index (χ1n) is 11.8. The van der Waals surface area contributed by atoms with Gasteiger partial charge in [0.15, 0.2) is 11.6 Å². The number of aryl methyl sites for hydroxylation is 1. The zero-order valence-electron chi connectivity index (χ0n) is 19.0. The van der Waals surface area contributed by atoms with Crippen molar-refractivity contribution < 1.29 is 22.7 Å². The van der Waals surface area contributed by atoms with Crippen molar-refractivity contribution in [1.82, 2.24) is 9.88 Å². The van der Waals surface area contributed by atoms with Crippen LogP contribution in [-0.2, 0) is 12.8 Å². The molecule has 2 aliphatic rings. The van der Waals surface area contributed by atoms with Crippen molar-refractivity contribution in [3.63, 3.8) is 0 Å². The van der Waals surface area contributed by atoms with Crippen molar-refractivity contribution in [2.75, 3.05) is 13.2 Å². The Hall–Kier alpha value is -3.00. The molecule has 3 aromatic rings. The molecule has 5 nitrogen and oxygen atoms in total. The molecule has 2 atom stereocenters. The highest BCUT2D eigenvalue weighted by molar-refractivity contribution is 5.95. The van der Waals surface area contributed by atoms with Crippen molar-refractivity contribution in [1.29, 1.82) is 0 Å². The fourth-order valence-corrected chi connectivity index (χ4v) is 5.11. The maximum Gasteiger partial charge on any atom is 0.249 e. The normalized spacial score (nSPS) is 18.7. The molecule has 0 saturated heterocycles. The minimum atomic E-state index is -0.597. The van der Waals surface area contributed by atoms with Crippen LogP contribution >= 0.6 is 0 Å². The minimum absolute atomic E-state index is 0.0270. The predicted molar refractivity (Wildman–Crippen MR) is 123 cm³/mol. The molecule has 8 heteroatoms. The molecule has 1 amide bonds. The van der Waals surface area contributed by atoms with E-state index in [-0.39, 0.29) is 17.8 Å². The molecule has 1 aromatic heterocycles. The van der Waals surface area contributed by atoms with Crippen LogP contribution in [0.2, 0.25) is 0 Å². The third kappa shape index (κ3) is 4.39. The van der Waals surface area contributed by atoms with Crippen molar-refractivity contribution in [2.45, 2.75) is 51.1 Å². The Labute approximate surface area is 196 Å². The lowest BCUT2D eigenvalue weighted by atomic mass is 9.94. The van der Waals surface area contributed by atoms with Crippen LogP contribution in [0.4, 0.5) is 13.2 Å². The van der Waals surface area contributed by atoms with Gasteiger partial charge in [-0.15, -0.1) is 0 Å². The number of aromatic amines is 1. The van der Waals surface area contributed by atoms with E-state index in [1.165, 1.54) is 31.0 Å². The van der Waals surface area contributed by atoms with Gasteiger partial charge in [-0.05, 0) is 68.7 Å². The van der Waals surface area contributed by atoms with E-state index in [9.17, 15) is 18.0 Å². The monoisotopic (exact) mass is 471 g/mol. The average molecular weight is 472 g/mol. The van der Waals surface area contributed by atoms with Crippen molar-refractivity contribution in [3.05, 3.63) is 64.6 Å². The number of nitrogens with one attached hydrogen (secondary N) is 1. The Bertz CT molecular complexity index is 1240. The second-order valence-electron chi connectivity index (χ2n) is 9.59. The lowest BCUT2D eigenvalue weighted by Gasteiger charge is -2.39. The maximum atomic E-state index is 14.3. The van der Waals surface area contributed by atoms with Crippen LogP contribution in [0.5, 0.6) is 5.75 Å². The molecule has 2 heterocycles. The zero-order chi connectivity index (χ0) is 24.0. The van der Waals surface area contributed by atoms with E-state index in [0.29, 0.717) is 47.4 Å². The Morgan fingerprint density at radius 2 is 2.03 bits per heavy atom. The van der Waals surface area contributed by atoms with Gasteiger partial charge in [0, 0.05) is 47.4 Å². The second-order valence-corrected chi connectivity index (χ2v) is 9.59. The first-order valence-corrected chi connectivity index (χ1v) is 11.8. The summed E-state index contributed by atoms with van der Waals surface area (Å²) in [5.41, 5.74) is 7.55. The van der Waals surface area contributed by atoms with Crippen LogP contribution in [0.15, 0.2) is 30.5 Å². The van der Waals surface area contributed by atoms with Gasteiger partial charge in [0.25, 0.3) is 0 Å². The van der Waals surface area contributed by atoms with Gasteiger partial charge in [-0.25, -0.2) is 13.2 Å². The Morgan fingerprint density at radius 3 is 2.76 bits per heavy atom. The van der Waals surface area contributed by atoms with Gasteiger partial charge in [0.05, 0.1) is 5.52 Å². The summed E-state index contributed by atoms with van der Waals surface area (Å²) < 4.78 is 48.0. The van der Waals surface area contributed by atoms with E-state index in [1.807, 2.05) is 0 Å². The highest BCUT2D eigenvalue weighted by atomic mass is 19.1. The quantitative estimate of drug-likeness (QED) is 0.499. The molecule has 1 saturated carbocycles. The summed E-state index contributed by atoms with van der Waals surface area (Å²) in [7, 11) is 0. The summed E-state index contributed by atoms with van der Waals surface area (Å²) in [4.78, 5) is 17.2. The number of nitrogens with zero attached hydrogens (tertiary/aromatic N) is 1. The van der Waals surface area contributed by atoms with Crippen LogP contribution < -0.4 is 10.5 Å². The van der Waals surface area contributed by atoms with Gasteiger partial charge in [0.1, 0.15) is 18.2 Å². The number of rotatable bonds is 8. The fraction of sp³-hybridized carbons (Fsp3) is 0.423. The van der Waals surface area contributed by atoms with E-state index in [4.69, 9.17) is 10.5 Å². The molecule has 180 valence electrons. The number of carbonyl (C=O) groups excluding carboxylic acids is 1. The molecule has 1 fully saturated rings. The maximum absolute atomic E-state index is 14.3. The fourth-order valence-electron chi connectivity index (χ4n) is 5.11. The van der Waals surface area contributed by atoms with E-state index >= 15 is 0 Å². The molecule has 1 aliphatic heterocycles. The lowest BCUT2D eigenvalue weighted by molar-refractivity contribution is 0.0752. The summed E-state index contributed by atoms with van der Waals surface area (Å²) in [5, 5.41) is 0.565. The number of nitrogens with two attached hydrogens (primary N) is 1. The van der Waals surface area contributed by atoms with Crippen molar-refractivity contribution in [2.24, 2.45) is 11.7 Å². The van der Waals surface area contributed by atoms with Gasteiger partial charge >= 0.3 is 0 Å². The molecule has 0 bridgehead atoms. The number of benzene rings is 2. The summed E-state index contributed by atoms with van der Waals surface area (Å²) in [5.74, 6) is -1.54. The number of aromatic nitrogens is 1. The van der Waals surface area contributed by atoms with Gasteiger partial charge in [-0.1, -0.05) is 0 Å². The molecule has 0 radical (unpaired) electrons. The lowest BCUT2D eigenvalue weighted by Crippen LogP contribution is -2.49. The zero-order valence-corrected chi connectivity index (χ0v) is 19.0. The number of primary amides is 1. The first kappa shape index (κ1) is 22.8. The Balaban J connectivity index is 1.35. The number of hydrogen-bond acceptors (Lipinski definition) is 3. The molecule has 3 N–H and O–H groups in total. The Morgan fingerprint density at radius 1 is 1.24 bits per heavy atom. The number of hydrogen-bond donors (Lipinski definition) is 2. The van der Waals surface area contributed by atoms with Crippen LogP contribution in [0, 0.1) is 23.4 Å². The van der Waals surface area contributed by atoms with Crippen molar-refractivity contribution >= 4 is 16.8 Å². The minimum Gasteiger partial charge on any atom is -0.489 e. The average Bonchev–Trinajstić information content (AvgIpc) is 3.53. The Kier molecular flexibility index (Phi) is 6.02. The van der Waals surface area contributed by atoms with E-state index in [0.717, 1.165) is 24.6 Å². The van der Waals surface area contributed by atoms with Crippen LogP contribution in [-0.4, -0.2) is 41.0 Å². The summed E-state index contributed by atoms with van der Waals surface area (Å²) in [6.07, 6.45) is 5.99. The first-order chi connectivity index (χ1) is 16.3. The van der Waals surface area contributed by atoms with Crippen LogP contribution in [0.3, 0.4) is 0 Å². The smallest absolute Gasteiger partial charge is 0.249 e. The number of carbonyl (C=O) groups is 1. The van der Waals surface area contributed by atoms with Gasteiger partial charge < -0.3 is 15.5 Å². The van der Waals surface area contributed by atoms with Crippen molar-refractivity contribution in [3.8, 4) is 5.75 Å². The molecule has 1 aliphatic carbocycles. The van der Waals surface area contributed by atoms with E-state index in [1.54, 1.807) is 6.20 Å². The molecular formula is C26H28F3N3O2. The summed E-state index contributed by atoms with van der Waals surface area (Å²) in [6, 6.07) is 5.00.